The van der Waals surface area contributed by atoms with E-state index in [0.717, 1.165) is 24.4 Å². The highest BCUT2D eigenvalue weighted by atomic mass is 32.2. The van der Waals surface area contributed by atoms with Gasteiger partial charge in [0.25, 0.3) is 5.91 Å². The first-order valence-corrected chi connectivity index (χ1v) is 12.9. The Bertz CT molecular complexity index is 1060. The second-order valence-corrected chi connectivity index (χ2v) is 9.87. The molecule has 2 aromatic rings. The number of benzene rings is 2. The molecule has 0 aliphatic carbocycles. The summed E-state index contributed by atoms with van der Waals surface area (Å²) in [6, 6.07) is 14.5. The zero-order valence-corrected chi connectivity index (χ0v) is 20.5. The Kier molecular flexibility index (Phi) is 8.40. The van der Waals surface area contributed by atoms with E-state index >= 15 is 0 Å². The average molecular weight is 482 g/mol. The first-order chi connectivity index (χ1) is 16.6. The van der Waals surface area contributed by atoms with Gasteiger partial charge in [0.15, 0.2) is 0 Å². The van der Waals surface area contributed by atoms with Crippen molar-refractivity contribution in [2.75, 3.05) is 31.1 Å². The van der Waals surface area contributed by atoms with Crippen molar-refractivity contribution in [1.82, 2.24) is 10.2 Å². The monoisotopic (exact) mass is 481 g/mol. The fourth-order valence-electron chi connectivity index (χ4n) is 4.68. The van der Waals surface area contributed by atoms with Gasteiger partial charge in [-0.05, 0) is 56.5 Å². The summed E-state index contributed by atoms with van der Waals surface area (Å²) in [6.45, 7) is 4.89. The predicted octanol–water partition coefficient (Wildman–Crippen LogP) is 5.08. The van der Waals surface area contributed by atoms with Gasteiger partial charge in [-0.1, -0.05) is 55.4 Å². The van der Waals surface area contributed by atoms with Gasteiger partial charge in [0.05, 0.1) is 10.6 Å². The van der Waals surface area contributed by atoms with Crippen LogP contribution in [0, 0.1) is 5.82 Å². The summed E-state index contributed by atoms with van der Waals surface area (Å²) in [5.74, 6) is -0.863. The van der Waals surface area contributed by atoms with Crippen LogP contribution in [0.25, 0.3) is 6.08 Å². The Morgan fingerprint density at radius 3 is 2.79 bits per heavy atom. The van der Waals surface area contributed by atoms with Gasteiger partial charge in [0.1, 0.15) is 12.4 Å². The quantitative estimate of drug-likeness (QED) is 0.422. The molecule has 0 radical (unpaired) electrons. The fourth-order valence-corrected chi connectivity index (χ4v) is 5.73. The van der Waals surface area contributed by atoms with E-state index in [9.17, 15) is 14.0 Å². The van der Waals surface area contributed by atoms with Gasteiger partial charge in [-0.2, -0.15) is 0 Å². The SMILES string of the molecule is CC[C@H]1CCCCN1CCCNC(=O)CN1C(=O)/C(=C/c2ccccc2F)Sc2ccccc21. The summed E-state index contributed by atoms with van der Waals surface area (Å²) in [4.78, 5) is 31.3. The summed E-state index contributed by atoms with van der Waals surface area (Å²) in [6.07, 6.45) is 7.44. The third-order valence-electron chi connectivity index (χ3n) is 6.49. The number of hydrogen-bond donors (Lipinski definition) is 1. The number of likely N-dealkylation sites (tertiary alicyclic amines) is 1. The van der Waals surface area contributed by atoms with Crippen LogP contribution in [0.15, 0.2) is 58.3 Å². The molecule has 2 aromatic carbocycles. The van der Waals surface area contributed by atoms with Gasteiger partial charge < -0.3 is 10.2 Å². The molecule has 7 heteroatoms. The van der Waals surface area contributed by atoms with Gasteiger partial charge in [0.2, 0.25) is 5.91 Å². The molecule has 0 unspecified atom stereocenters. The molecule has 0 bridgehead atoms. The van der Waals surface area contributed by atoms with E-state index in [-0.39, 0.29) is 24.2 Å². The van der Waals surface area contributed by atoms with Crippen LogP contribution in [0.1, 0.15) is 44.6 Å². The highest BCUT2D eigenvalue weighted by Crippen LogP contribution is 2.42. The van der Waals surface area contributed by atoms with Crippen molar-refractivity contribution in [2.24, 2.45) is 0 Å². The molecule has 1 saturated heterocycles. The number of carbonyl (C=O) groups is 2. The molecule has 1 N–H and O–H groups in total. The van der Waals surface area contributed by atoms with Crippen molar-refractivity contribution >= 4 is 35.3 Å². The largest absolute Gasteiger partial charge is 0.355 e. The van der Waals surface area contributed by atoms with Crippen LogP contribution in [0.2, 0.25) is 0 Å². The lowest BCUT2D eigenvalue weighted by Gasteiger charge is -2.35. The maximum Gasteiger partial charge on any atom is 0.265 e. The molecule has 1 fully saturated rings. The van der Waals surface area contributed by atoms with E-state index in [2.05, 4.69) is 17.1 Å². The normalized spacial score (nSPS) is 19.8. The molecule has 0 saturated carbocycles. The van der Waals surface area contributed by atoms with Crippen molar-refractivity contribution in [3.63, 3.8) is 0 Å². The summed E-state index contributed by atoms with van der Waals surface area (Å²) >= 11 is 1.31. The number of carbonyl (C=O) groups excluding carboxylic acids is 2. The Hall–Kier alpha value is -2.64. The number of nitrogens with zero attached hydrogens (tertiary/aromatic N) is 2. The van der Waals surface area contributed by atoms with Crippen LogP contribution in [0.5, 0.6) is 0 Å². The maximum atomic E-state index is 14.2. The maximum absolute atomic E-state index is 14.2. The minimum atomic E-state index is -0.384. The molecule has 5 nitrogen and oxygen atoms in total. The number of rotatable bonds is 8. The summed E-state index contributed by atoms with van der Waals surface area (Å²) < 4.78 is 14.2. The van der Waals surface area contributed by atoms with Gasteiger partial charge in [-0.3, -0.25) is 14.5 Å². The molecule has 2 heterocycles. The molecule has 180 valence electrons. The molecule has 1 atom stereocenters. The smallest absolute Gasteiger partial charge is 0.265 e. The number of fused-ring (bicyclic) bond motifs is 1. The average Bonchev–Trinajstić information content (AvgIpc) is 2.86. The highest BCUT2D eigenvalue weighted by Gasteiger charge is 2.30. The lowest BCUT2D eigenvalue weighted by atomic mass is 10.00. The fraction of sp³-hybridized carbons (Fsp3) is 0.407. The summed E-state index contributed by atoms with van der Waals surface area (Å²) in [7, 11) is 0. The number of halogens is 1. The Morgan fingerprint density at radius 1 is 1.18 bits per heavy atom. The molecule has 4 rings (SSSR count). The van der Waals surface area contributed by atoms with Crippen LogP contribution >= 0.6 is 11.8 Å². The summed E-state index contributed by atoms with van der Waals surface area (Å²) in [5.41, 5.74) is 1.06. The molecule has 2 aliphatic heterocycles. The number of para-hydroxylation sites is 1. The van der Waals surface area contributed by atoms with Crippen molar-refractivity contribution in [1.29, 1.82) is 0 Å². The van der Waals surface area contributed by atoms with Crippen LogP contribution in [0.4, 0.5) is 10.1 Å². The number of hydrogen-bond acceptors (Lipinski definition) is 4. The van der Waals surface area contributed by atoms with Crippen LogP contribution in [0.3, 0.4) is 0 Å². The van der Waals surface area contributed by atoms with Crippen molar-refractivity contribution in [2.45, 2.75) is 50.0 Å². The van der Waals surface area contributed by atoms with Crippen molar-refractivity contribution < 1.29 is 14.0 Å². The predicted molar refractivity (Wildman–Crippen MR) is 136 cm³/mol. The third kappa shape index (κ3) is 5.88. The topological polar surface area (TPSA) is 52.7 Å². The third-order valence-corrected chi connectivity index (χ3v) is 7.57. The van der Waals surface area contributed by atoms with E-state index in [1.165, 1.54) is 48.4 Å². The van der Waals surface area contributed by atoms with Crippen LogP contribution < -0.4 is 10.2 Å². The Balaban J connectivity index is 1.39. The molecule has 0 spiro atoms. The molecule has 34 heavy (non-hydrogen) atoms. The van der Waals surface area contributed by atoms with Gasteiger partial charge >= 0.3 is 0 Å². The van der Waals surface area contributed by atoms with Crippen LogP contribution in [-0.4, -0.2) is 48.9 Å². The first-order valence-electron chi connectivity index (χ1n) is 12.1. The second kappa shape index (κ2) is 11.7. The van der Waals surface area contributed by atoms with Gasteiger partial charge in [-0.15, -0.1) is 0 Å². The zero-order valence-electron chi connectivity index (χ0n) is 19.6. The minimum absolute atomic E-state index is 0.0632. The number of nitrogens with one attached hydrogen (secondary N) is 1. The number of anilines is 1. The van der Waals surface area contributed by atoms with E-state index < -0.39 is 0 Å². The summed E-state index contributed by atoms with van der Waals surface area (Å²) in [5, 5.41) is 2.98. The number of piperidine rings is 1. The lowest BCUT2D eigenvalue weighted by molar-refractivity contribution is -0.122. The Labute approximate surface area is 205 Å². The second-order valence-electron chi connectivity index (χ2n) is 8.79. The van der Waals surface area contributed by atoms with E-state index in [1.54, 1.807) is 24.3 Å². The highest BCUT2D eigenvalue weighted by molar-refractivity contribution is 8.04. The van der Waals surface area contributed by atoms with E-state index in [4.69, 9.17) is 0 Å². The minimum Gasteiger partial charge on any atom is -0.355 e. The molecular formula is C27H32FN3O2S. The first kappa shape index (κ1) is 24.5. The van der Waals surface area contributed by atoms with E-state index in [1.807, 2.05) is 24.3 Å². The number of thioether (sulfide) groups is 1. The zero-order chi connectivity index (χ0) is 23.9. The van der Waals surface area contributed by atoms with Crippen LogP contribution in [-0.2, 0) is 9.59 Å². The van der Waals surface area contributed by atoms with Crippen molar-refractivity contribution in [3.8, 4) is 0 Å². The molecular weight excluding hydrogens is 449 g/mol. The lowest BCUT2D eigenvalue weighted by Crippen LogP contribution is -2.44. The van der Waals surface area contributed by atoms with E-state index in [0.29, 0.717) is 28.7 Å². The van der Waals surface area contributed by atoms with Crippen molar-refractivity contribution in [3.05, 3.63) is 64.8 Å². The van der Waals surface area contributed by atoms with Gasteiger partial charge in [0, 0.05) is 29.6 Å². The standard InChI is InChI=1S/C27H32FN3O2S/c1-2-21-11-7-8-16-30(21)17-9-15-29-26(32)19-31-23-13-5-6-14-24(23)34-25(27(31)33)18-20-10-3-4-12-22(20)28/h3-6,10,12-14,18,21H,2,7-9,11,15-17,19H2,1H3,(H,29,32)/b25-18-/t21-/m0/s1. The molecule has 2 aliphatic rings. The molecule has 2 amide bonds. The Morgan fingerprint density at radius 2 is 1.97 bits per heavy atom. The molecule has 0 aromatic heterocycles. The van der Waals surface area contributed by atoms with Gasteiger partial charge in [-0.25, -0.2) is 4.39 Å². The number of amides is 2.